The van der Waals surface area contributed by atoms with Crippen LogP contribution in [-0.2, 0) is 10.0 Å². The molecule has 2 fully saturated rings. The first-order chi connectivity index (χ1) is 9.50. The largest absolute Gasteiger partial charge is 0.355 e. The number of nitrogens with one attached hydrogen (secondary N) is 2. The van der Waals surface area contributed by atoms with Crippen LogP contribution in [0.15, 0.2) is 4.99 Å². The normalized spacial score (nSPS) is 22.1. The molecule has 1 heterocycles. The maximum absolute atomic E-state index is 11.3. The summed E-state index contributed by atoms with van der Waals surface area (Å²) in [5, 5.41) is 3.24. The van der Waals surface area contributed by atoms with Gasteiger partial charge in [0.05, 0.1) is 5.75 Å². The fourth-order valence-corrected chi connectivity index (χ4v) is 3.63. The molecule has 0 aromatic rings. The van der Waals surface area contributed by atoms with E-state index in [9.17, 15) is 8.42 Å². The van der Waals surface area contributed by atoms with Gasteiger partial charge in [0.2, 0.25) is 10.0 Å². The Labute approximate surface area is 122 Å². The van der Waals surface area contributed by atoms with E-state index in [-0.39, 0.29) is 5.75 Å². The molecule has 1 saturated heterocycles. The molecule has 0 aromatic heterocycles. The molecule has 0 unspecified atom stereocenters. The Hall–Kier alpha value is -0.820. The van der Waals surface area contributed by atoms with E-state index in [0.29, 0.717) is 18.5 Å². The Morgan fingerprint density at radius 2 is 2.05 bits per heavy atom. The van der Waals surface area contributed by atoms with Crippen molar-refractivity contribution in [2.24, 2.45) is 10.4 Å². The van der Waals surface area contributed by atoms with Crippen LogP contribution in [0.25, 0.3) is 0 Å². The fourth-order valence-electron chi connectivity index (χ4n) is 3.02. The number of hydrogen-bond acceptors (Lipinski definition) is 3. The van der Waals surface area contributed by atoms with Gasteiger partial charge in [-0.2, -0.15) is 0 Å². The van der Waals surface area contributed by atoms with Crippen LogP contribution < -0.4 is 10.0 Å². The average molecular weight is 302 g/mol. The second-order valence-corrected chi connectivity index (χ2v) is 7.89. The molecule has 2 aliphatic rings. The van der Waals surface area contributed by atoms with Crippen molar-refractivity contribution in [3.63, 3.8) is 0 Å². The Balaban J connectivity index is 1.74. The second kappa shape index (κ2) is 6.30. The van der Waals surface area contributed by atoms with Gasteiger partial charge in [0.25, 0.3) is 0 Å². The van der Waals surface area contributed by atoms with Gasteiger partial charge >= 0.3 is 0 Å². The molecule has 20 heavy (non-hydrogen) atoms. The highest BCUT2D eigenvalue weighted by Crippen LogP contribution is 2.47. The highest BCUT2D eigenvalue weighted by Gasteiger charge is 2.43. The van der Waals surface area contributed by atoms with Crippen molar-refractivity contribution >= 4 is 16.0 Å². The van der Waals surface area contributed by atoms with Crippen LogP contribution in [0.4, 0.5) is 0 Å². The average Bonchev–Trinajstić information content (AvgIpc) is 2.84. The van der Waals surface area contributed by atoms with E-state index in [1.807, 2.05) is 0 Å². The molecular formula is C13H26N4O2S. The molecule has 0 bridgehead atoms. The quantitative estimate of drug-likeness (QED) is 0.437. The lowest BCUT2D eigenvalue weighted by Crippen LogP contribution is -2.44. The molecule has 7 heteroatoms. The zero-order valence-corrected chi connectivity index (χ0v) is 13.3. The van der Waals surface area contributed by atoms with Gasteiger partial charge in [-0.1, -0.05) is 6.42 Å². The van der Waals surface area contributed by atoms with Crippen molar-refractivity contribution in [3.8, 4) is 0 Å². The van der Waals surface area contributed by atoms with Crippen molar-refractivity contribution in [2.75, 3.05) is 39.0 Å². The lowest BCUT2D eigenvalue weighted by Gasteiger charge is -2.38. The lowest BCUT2D eigenvalue weighted by atomic mass is 9.68. The van der Waals surface area contributed by atoms with Crippen LogP contribution in [0.2, 0.25) is 0 Å². The first-order valence-corrected chi connectivity index (χ1v) is 9.08. The van der Waals surface area contributed by atoms with Crippen LogP contribution in [-0.4, -0.2) is 58.3 Å². The zero-order valence-electron chi connectivity index (χ0n) is 12.5. The number of nitrogens with zero attached hydrogens (tertiary/aromatic N) is 2. The molecule has 1 spiro atoms. The Morgan fingerprint density at radius 3 is 2.55 bits per heavy atom. The molecule has 2 N–H and O–H groups in total. The zero-order chi connectivity index (χ0) is 14.6. The molecular weight excluding hydrogens is 276 g/mol. The number of rotatable bonds is 5. The summed E-state index contributed by atoms with van der Waals surface area (Å²) in [5.74, 6) is 1.01. The van der Waals surface area contributed by atoms with Gasteiger partial charge < -0.3 is 10.2 Å². The van der Waals surface area contributed by atoms with E-state index in [2.05, 4.69) is 19.9 Å². The molecule has 0 aromatic carbocycles. The van der Waals surface area contributed by atoms with Crippen molar-refractivity contribution in [1.29, 1.82) is 0 Å². The summed E-state index contributed by atoms with van der Waals surface area (Å²) < 4.78 is 25.2. The van der Waals surface area contributed by atoms with E-state index >= 15 is 0 Å². The summed E-state index contributed by atoms with van der Waals surface area (Å²) in [5.41, 5.74) is 0.543. The van der Waals surface area contributed by atoms with Gasteiger partial charge in [-0.3, -0.25) is 4.99 Å². The number of hydrogen-bond donors (Lipinski definition) is 2. The van der Waals surface area contributed by atoms with Gasteiger partial charge in [0, 0.05) is 33.2 Å². The maximum Gasteiger partial charge on any atom is 0.211 e. The maximum atomic E-state index is 11.3. The predicted molar refractivity (Wildman–Crippen MR) is 81.3 cm³/mol. The van der Waals surface area contributed by atoms with E-state index in [1.54, 1.807) is 14.0 Å². The Morgan fingerprint density at radius 1 is 1.30 bits per heavy atom. The third-order valence-electron chi connectivity index (χ3n) is 4.47. The van der Waals surface area contributed by atoms with Gasteiger partial charge in [-0.25, -0.2) is 13.1 Å². The molecule has 2 rings (SSSR count). The van der Waals surface area contributed by atoms with Crippen LogP contribution in [0.1, 0.15) is 32.6 Å². The second-order valence-electron chi connectivity index (χ2n) is 5.80. The van der Waals surface area contributed by atoms with Crippen LogP contribution in [0, 0.1) is 5.41 Å². The molecule has 116 valence electrons. The molecule has 0 radical (unpaired) electrons. The van der Waals surface area contributed by atoms with Crippen molar-refractivity contribution in [2.45, 2.75) is 32.6 Å². The summed E-state index contributed by atoms with van der Waals surface area (Å²) in [6, 6.07) is 0. The SMILES string of the molecule is CCS(=O)(=O)NCCNC(=NC)N1CCC2(CCC2)C1. The molecule has 0 atom stereocenters. The Kier molecular flexibility index (Phi) is 4.90. The summed E-state index contributed by atoms with van der Waals surface area (Å²) in [7, 11) is -1.32. The van der Waals surface area contributed by atoms with Crippen molar-refractivity contribution in [1.82, 2.24) is 14.9 Å². The monoisotopic (exact) mass is 302 g/mol. The van der Waals surface area contributed by atoms with Gasteiger partial charge in [-0.05, 0) is 31.6 Å². The molecule has 0 amide bonds. The van der Waals surface area contributed by atoms with E-state index in [1.165, 1.54) is 25.7 Å². The molecule has 1 aliphatic heterocycles. The summed E-state index contributed by atoms with van der Waals surface area (Å²) in [6.07, 6.45) is 5.31. The highest BCUT2D eigenvalue weighted by molar-refractivity contribution is 7.89. The van der Waals surface area contributed by atoms with Gasteiger partial charge in [0.15, 0.2) is 5.96 Å². The molecule has 6 nitrogen and oxygen atoms in total. The smallest absolute Gasteiger partial charge is 0.211 e. The molecule has 1 saturated carbocycles. The van der Waals surface area contributed by atoms with Crippen LogP contribution in [0.5, 0.6) is 0 Å². The number of likely N-dealkylation sites (tertiary alicyclic amines) is 1. The van der Waals surface area contributed by atoms with Gasteiger partial charge in [0.1, 0.15) is 0 Å². The van der Waals surface area contributed by atoms with Crippen LogP contribution in [0.3, 0.4) is 0 Å². The third kappa shape index (κ3) is 3.63. The molecule has 1 aliphatic carbocycles. The van der Waals surface area contributed by atoms with Crippen LogP contribution >= 0.6 is 0 Å². The predicted octanol–water partition coefficient (Wildman–Crippen LogP) is 0.377. The van der Waals surface area contributed by atoms with Gasteiger partial charge in [-0.15, -0.1) is 0 Å². The first-order valence-electron chi connectivity index (χ1n) is 7.43. The van der Waals surface area contributed by atoms with E-state index < -0.39 is 10.0 Å². The minimum Gasteiger partial charge on any atom is -0.355 e. The van der Waals surface area contributed by atoms with E-state index in [0.717, 1.165) is 19.0 Å². The lowest BCUT2D eigenvalue weighted by molar-refractivity contribution is 0.151. The van der Waals surface area contributed by atoms with Crippen molar-refractivity contribution < 1.29 is 8.42 Å². The Bertz CT molecular complexity index is 457. The summed E-state index contributed by atoms with van der Waals surface area (Å²) in [4.78, 5) is 6.60. The minimum absolute atomic E-state index is 0.121. The topological polar surface area (TPSA) is 73.8 Å². The first kappa shape index (κ1) is 15.6. The fraction of sp³-hybridized carbons (Fsp3) is 0.923. The van der Waals surface area contributed by atoms with Crippen molar-refractivity contribution in [3.05, 3.63) is 0 Å². The number of sulfonamides is 1. The number of aliphatic imine (C=N–C) groups is 1. The standard InChI is InChI=1S/C13H26N4O2S/c1-3-20(18,19)16-9-8-15-12(14-2)17-10-7-13(11-17)5-4-6-13/h16H,3-11H2,1-2H3,(H,14,15). The third-order valence-corrected chi connectivity index (χ3v) is 5.88. The number of guanidine groups is 1. The summed E-state index contributed by atoms with van der Waals surface area (Å²) in [6.45, 7) is 4.74. The summed E-state index contributed by atoms with van der Waals surface area (Å²) >= 11 is 0. The van der Waals surface area contributed by atoms with E-state index in [4.69, 9.17) is 0 Å². The highest BCUT2D eigenvalue weighted by atomic mass is 32.2. The minimum atomic E-state index is -3.10.